The Morgan fingerprint density at radius 1 is 1.16 bits per heavy atom. The van der Waals surface area contributed by atoms with E-state index < -0.39 is 5.60 Å². The maximum atomic E-state index is 12.7. The van der Waals surface area contributed by atoms with Crippen molar-refractivity contribution in [3.8, 4) is 6.07 Å². The van der Waals surface area contributed by atoms with Crippen LogP contribution in [0.5, 0.6) is 0 Å². The highest BCUT2D eigenvalue weighted by Gasteiger charge is 2.21. The lowest BCUT2D eigenvalue weighted by Gasteiger charge is -2.23. The van der Waals surface area contributed by atoms with Gasteiger partial charge in [0.15, 0.2) is 0 Å². The van der Waals surface area contributed by atoms with E-state index in [0.717, 1.165) is 55.4 Å². The van der Waals surface area contributed by atoms with Crippen LogP contribution in [0, 0.1) is 30.1 Å². The predicted molar refractivity (Wildman–Crippen MR) is 185 cm³/mol. The molecule has 1 N–H and O–H groups in total. The fourth-order valence-corrected chi connectivity index (χ4v) is 4.54. The van der Waals surface area contributed by atoms with Crippen molar-refractivity contribution in [2.45, 2.75) is 120 Å². The average Bonchev–Trinajstić information content (AvgIpc) is 2.96. The number of allylic oxidation sites excluding steroid dienone is 3. The van der Waals surface area contributed by atoms with Crippen molar-refractivity contribution in [2.24, 2.45) is 16.8 Å². The van der Waals surface area contributed by atoms with Gasteiger partial charge in [-0.2, -0.15) is 5.26 Å². The van der Waals surface area contributed by atoms with Crippen LogP contribution >= 0.6 is 0 Å². The van der Waals surface area contributed by atoms with Gasteiger partial charge in [0.1, 0.15) is 5.82 Å². The molecule has 0 aliphatic heterocycles. The summed E-state index contributed by atoms with van der Waals surface area (Å²) in [5.41, 5.74) is 3.91. The van der Waals surface area contributed by atoms with Gasteiger partial charge in [0.05, 0.1) is 17.2 Å². The summed E-state index contributed by atoms with van der Waals surface area (Å²) in [5.74, 6) is 1.79. The van der Waals surface area contributed by atoms with Crippen LogP contribution in [0.2, 0.25) is 0 Å². The van der Waals surface area contributed by atoms with E-state index in [1.807, 2.05) is 45.2 Å². The Bertz CT molecular complexity index is 1150. The maximum Gasteiger partial charge on any atom is 0.228 e. The number of nitriles is 1. The molecule has 1 aromatic carbocycles. The number of anilines is 1. The fraction of sp³-hybridized carbons (Fsp3) is 0.595. The van der Waals surface area contributed by atoms with E-state index in [2.05, 4.69) is 69.8 Å². The Hall–Kier alpha value is -3.17. The molecule has 6 heteroatoms. The minimum absolute atomic E-state index is 0.0943. The topological polar surface area (TPSA) is 79.9 Å². The molecule has 240 valence electrons. The van der Waals surface area contributed by atoms with Crippen molar-refractivity contribution in [3.63, 3.8) is 0 Å². The van der Waals surface area contributed by atoms with Crippen molar-refractivity contribution in [2.75, 3.05) is 19.0 Å². The second-order valence-electron chi connectivity index (χ2n) is 12.3. The van der Waals surface area contributed by atoms with Gasteiger partial charge < -0.3 is 14.9 Å². The summed E-state index contributed by atoms with van der Waals surface area (Å²) in [7, 11) is 3.79. The molecule has 0 aliphatic rings. The zero-order valence-electron chi connectivity index (χ0n) is 29.3. The van der Waals surface area contributed by atoms with E-state index in [1.54, 1.807) is 32.0 Å². The molecule has 0 spiro atoms. The number of nitrogens with zero attached hydrogens (tertiary/aromatic N) is 4. The zero-order valence-corrected chi connectivity index (χ0v) is 29.3. The number of aliphatic hydroxyl groups is 1. The molecule has 0 bridgehead atoms. The summed E-state index contributed by atoms with van der Waals surface area (Å²) in [5, 5.41) is 19.3. The lowest BCUT2D eigenvalue weighted by Crippen LogP contribution is -2.28. The summed E-state index contributed by atoms with van der Waals surface area (Å²) in [6, 6.07) is 7.92. The Kier molecular flexibility index (Phi) is 19.2. The highest BCUT2D eigenvalue weighted by atomic mass is 16.3. The maximum absolute atomic E-state index is 12.7. The van der Waals surface area contributed by atoms with Gasteiger partial charge >= 0.3 is 0 Å². The largest absolute Gasteiger partial charge is 0.386 e. The van der Waals surface area contributed by atoms with Crippen LogP contribution in [-0.2, 0) is 4.79 Å². The van der Waals surface area contributed by atoms with Gasteiger partial charge in [-0.1, -0.05) is 71.6 Å². The lowest BCUT2D eigenvalue weighted by atomic mass is 9.92. The number of carbonyl (C=O) groups excluding carboxylic acids is 1. The van der Waals surface area contributed by atoms with E-state index in [-0.39, 0.29) is 5.91 Å². The van der Waals surface area contributed by atoms with E-state index in [1.165, 1.54) is 5.56 Å². The Morgan fingerprint density at radius 2 is 1.81 bits per heavy atom. The fourth-order valence-electron chi connectivity index (χ4n) is 4.54. The molecule has 0 saturated carbocycles. The molecule has 1 unspecified atom stereocenters. The first kappa shape index (κ1) is 39.8. The third kappa shape index (κ3) is 15.2. The monoisotopic (exact) mass is 592 g/mol. The number of amides is 1. The van der Waals surface area contributed by atoms with E-state index in [9.17, 15) is 9.90 Å². The van der Waals surface area contributed by atoms with Crippen molar-refractivity contribution in [1.82, 2.24) is 4.90 Å². The smallest absolute Gasteiger partial charge is 0.228 e. The van der Waals surface area contributed by atoms with Gasteiger partial charge in [0.2, 0.25) is 5.91 Å². The van der Waals surface area contributed by atoms with Crippen LogP contribution in [-0.4, -0.2) is 41.8 Å². The number of aryl methyl sites for hydroxylation is 1. The molecule has 1 atom stereocenters. The summed E-state index contributed by atoms with van der Waals surface area (Å²) >= 11 is 0. The Labute approximate surface area is 263 Å². The summed E-state index contributed by atoms with van der Waals surface area (Å²) < 4.78 is 0. The van der Waals surface area contributed by atoms with Gasteiger partial charge in [-0.25, -0.2) is 4.99 Å². The molecular weight excluding hydrogens is 532 g/mol. The lowest BCUT2D eigenvalue weighted by molar-refractivity contribution is -0.129. The van der Waals surface area contributed by atoms with Crippen molar-refractivity contribution in [1.29, 1.82) is 5.26 Å². The van der Waals surface area contributed by atoms with Gasteiger partial charge in [-0.15, -0.1) is 0 Å². The standard InChI is InChI=1S/C23H42N2O2.C14H18N2/c1-10-18(6)20(23(7,8)27)16-24-21(12-3)25(9)22(26)15-19(11-2)14-13-17(4)5;1-4-5-6-9-16(3)14-10-13(11-15)8-7-12(14)2/h12,16-17,19,27H,10-11,13-15H2,1-9H3;6-10H,4-5H2,1-3H3/b20-18-,21-12+,24-16-;9-6+. The number of aliphatic imine (C=N–C) groups is 1. The highest BCUT2D eigenvalue weighted by molar-refractivity contribution is 5.84. The van der Waals surface area contributed by atoms with Crippen molar-refractivity contribution in [3.05, 3.63) is 64.6 Å². The number of hydrogen-bond acceptors (Lipinski definition) is 5. The third-order valence-corrected chi connectivity index (χ3v) is 7.65. The summed E-state index contributed by atoms with van der Waals surface area (Å²) in [6.45, 7) is 20.3. The van der Waals surface area contributed by atoms with Crippen LogP contribution in [0.1, 0.15) is 118 Å². The zero-order chi connectivity index (χ0) is 33.2. The summed E-state index contributed by atoms with van der Waals surface area (Å²) in [6.07, 6.45) is 14.6. The number of hydrogen-bond donors (Lipinski definition) is 1. The number of carbonyl (C=O) groups is 1. The molecule has 0 saturated heterocycles. The molecule has 0 aliphatic carbocycles. The van der Waals surface area contributed by atoms with Crippen molar-refractivity contribution >= 4 is 17.8 Å². The molecule has 1 aromatic rings. The van der Waals surface area contributed by atoms with Crippen LogP contribution in [0.15, 0.2) is 58.5 Å². The molecular formula is C37H60N4O2. The molecule has 1 rings (SSSR count). The van der Waals surface area contributed by atoms with Crippen LogP contribution in [0.4, 0.5) is 5.69 Å². The minimum atomic E-state index is -0.963. The Morgan fingerprint density at radius 3 is 2.30 bits per heavy atom. The van der Waals surface area contributed by atoms with Gasteiger partial charge in [-0.05, 0) is 95.7 Å². The number of unbranched alkanes of at least 4 members (excludes halogenated alkanes) is 1. The number of benzene rings is 1. The molecule has 0 aromatic heterocycles. The molecule has 0 radical (unpaired) electrons. The van der Waals surface area contributed by atoms with Crippen LogP contribution < -0.4 is 4.90 Å². The average molecular weight is 593 g/mol. The van der Waals surface area contributed by atoms with Crippen LogP contribution in [0.3, 0.4) is 0 Å². The van der Waals surface area contributed by atoms with Crippen LogP contribution in [0.25, 0.3) is 0 Å². The second-order valence-corrected chi connectivity index (χ2v) is 12.3. The summed E-state index contributed by atoms with van der Waals surface area (Å²) in [4.78, 5) is 21.0. The SMILES string of the molecule is CCC/C=C/N(C)c1cc(C#N)ccc1C.C\C=C(/N=C\C(=C(/C)CC)C(C)(C)O)N(C)C(=O)CC(CC)CCC(C)C. The van der Waals surface area contributed by atoms with Crippen molar-refractivity contribution < 1.29 is 9.90 Å². The first-order chi connectivity index (χ1) is 20.2. The molecule has 0 fully saturated rings. The molecule has 1 amide bonds. The van der Waals surface area contributed by atoms with Gasteiger partial charge in [-0.3, -0.25) is 4.79 Å². The van der Waals surface area contributed by atoms with E-state index >= 15 is 0 Å². The highest BCUT2D eigenvalue weighted by Crippen LogP contribution is 2.23. The second kappa shape index (κ2) is 20.7. The normalized spacial score (nSPS) is 13.5. The third-order valence-electron chi connectivity index (χ3n) is 7.65. The van der Waals surface area contributed by atoms with Gasteiger partial charge in [0.25, 0.3) is 0 Å². The molecule has 6 nitrogen and oxygen atoms in total. The Balaban J connectivity index is 0.000000931. The van der Waals surface area contributed by atoms with E-state index in [0.29, 0.717) is 29.6 Å². The first-order valence-electron chi connectivity index (χ1n) is 16.0. The minimum Gasteiger partial charge on any atom is -0.386 e. The molecule has 43 heavy (non-hydrogen) atoms. The number of rotatable bonds is 15. The predicted octanol–water partition coefficient (Wildman–Crippen LogP) is 9.34. The first-order valence-corrected chi connectivity index (χ1v) is 16.0. The quantitative estimate of drug-likeness (QED) is 0.206. The van der Waals surface area contributed by atoms with Gasteiger partial charge in [0, 0.05) is 38.0 Å². The van der Waals surface area contributed by atoms with E-state index in [4.69, 9.17) is 5.26 Å². The molecule has 0 heterocycles.